The van der Waals surface area contributed by atoms with E-state index in [9.17, 15) is 13.2 Å². The number of carbonyl (C=O) groups is 1. The number of nitrogens with zero attached hydrogens (tertiary/aromatic N) is 2. The number of amides is 1. The molecule has 2 aromatic rings. The molecule has 0 saturated heterocycles. The molecule has 0 radical (unpaired) electrons. The van der Waals surface area contributed by atoms with Gasteiger partial charge in [-0.3, -0.25) is 4.79 Å². The summed E-state index contributed by atoms with van der Waals surface area (Å²) in [6.07, 6.45) is 5.30. The summed E-state index contributed by atoms with van der Waals surface area (Å²) >= 11 is 0. The maximum absolute atomic E-state index is 12.3. The van der Waals surface area contributed by atoms with Crippen molar-refractivity contribution in [3.8, 4) is 0 Å². The number of nitrogens with one attached hydrogen (secondary N) is 1. The third kappa shape index (κ3) is 4.67. The molecule has 0 unspecified atom stereocenters. The van der Waals surface area contributed by atoms with Crippen molar-refractivity contribution >= 4 is 15.9 Å². The lowest BCUT2D eigenvalue weighted by Crippen LogP contribution is -2.26. The third-order valence-electron chi connectivity index (χ3n) is 4.17. The monoisotopic (exact) mass is 364 g/mol. The summed E-state index contributed by atoms with van der Waals surface area (Å²) in [6, 6.07) is 3.00. The van der Waals surface area contributed by atoms with Crippen LogP contribution in [-0.2, 0) is 23.0 Å². The summed E-state index contributed by atoms with van der Waals surface area (Å²) in [6.45, 7) is 6.72. The second-order valence-electron chi connectivity index (χ2n) is 5.96. The Morgan fingerprint density at radius 2 is 2.04 bits per heavy atom. The van der Waals surface area contributed by atoms with Crippen LogP contribution in [0.5, 0.6) is 0 Å². The molecular weight excluding hydrogens is 340 g/mol. The molecule has 2 rings (SSSR count). The summed E-state index contributed by atoms with van der Waals surface area (Å²) < 4.78 is 25.4. The zero-order chi connectivity index (χ0) is 18.6. The number of benzene rings is 1. The molecule has 7 nitrogen and oxygen atoms in total. The molecule has 0 aliphatic carbocycles. The smallest absolute Gasteiger partial charge is 0.251 e. The van der Waals surface area contributed by atoms with E-state index >= 15 is 0 Å². The summed E-state index contributed by atoms with van der Waals surface area (Å²) in [5.74, 6) is 0.702. The first-order valence-corrected chi connectivity index (χ1v) is 9.71. The number of imidazole rings is 1. The number of hydrogen-bond acceptors (Lipinski definition) is 4. The summed E-state index contributed by atoms with van der Waals surface area (Å²) in [4.78, 5) is 16.5. The van der Waals surface area contributed by atoms with Crippen LogP contribution in [0.3, 0.4) is 0 Å². The lowest BCUT2D eigenvalue weighted by molar-refractivity contribution is 0.0952. The molecular formula is C17H24N4O3S. The molecule has 1 aromatic carbocycles. The van der Waals surface area contributed by atoms with Gasteiger partial charge in [-0.1, -0.05) is 6.92 Å². The Labute approximate surface area is 148 Å². The second-order valence-corrected chi connectivity index (χ2v) is 7.49. The SMILES string of the molecule is CCc1nccn1CCCNC(=O)c1cc(C)c(C)c(S(N)(=O)=O)c1. The predicted octanol–water partition coefficient (Wildman–Crippen LogP) is 1.53. The Hall–Kier alpha value is -2.19. The van der Waals surface area contributed by atoms with Gasteiger partial charge in [0.25, 0.3) is 5.91 Å². The number of hydrogen-bond donors (Lipinski definition) is 2. The van der Waals surface area contributed by atoms with Gasteiger partial charge in [0, 0.05) is 37.5 Å². The zero-order valence-electron chi connectivity index (χ0n) is 14.7. The van der Waals surface area contributed by atoms with Gasteiger partial charge in [0.05, 0.1) is 4.90 Å². The summed E-state index contributed by atoms with van der Waals surface area (Å²) in [7, 11) is -3.86. The van der Waals surface area contributed by atoms with Gasteiger partial charge in [-0.2, -0.15) is 0 Å². The van der Waals surface area contributed by atoms with Crippen LogP contribution in [0.25, 0.3) is 0 Å². The molecule has 8 heteroatoms. The number of rotatable bonds is 7. The van der Waals surface area contributed by atoms with E-state index in [-0.39, 0.29) is 10.8 Å². The Morgan fingerprint density at radius 1 is 1.32 bits per heavy atom. The zero-order valence-corrected chi connectivity index (χ0v) is 15.6. The molecule has 0 aliphatic rings. The quantitative estimate of drug-likeness (QED) is 0.726. The second kappa shape index (κ2) is 7.79. The fourth-order valence-electron chi connectivity index (χ4n) is 2.66. The lowest BCUT2D eigenvalue weighted by atomic mass is 10.1. The van der Waals surface area contributed by atoms with Crippen LogP contribution in [0.15, 0.2) is 29.4 Å². The van der Waals surface area contributed by atoms with Crippen molar-refractivity contribution < 1.29 is 13.2 Å². The Kier molecular flexibility index (Phi) is 5.97. The first kappa shape index (κ1) is 19.1. The van der Waals surface area contributed by atoms with Gasteiger partial charge in [-0.05, 0) is 43.5 Å². The molecule has 25 heavy (non-hydrogen) atoms. The number of sulfonamides is 1. The van der Waals surface area contributed by atoms with Crippen LogP contribution in [0.1, 0.15) is 40.7 Å². The van der Waals surface area contributed by atoms with E-state index in [4.69, 9.17) is 5.14 Å². The highest BCUT2D eigenvalue weighted by Gasteiger charge is 2.17. The number of carbonyl (C=O) groups excluding carboxylic acids is 1. The first-order chi connectivity index (χ1) is 11.7. The van der Waals surface area contributed by atoms with Gasteiger partial charge in [-0.15, -0.1) is 0 Å². The minimum Gasteiger partial charge on any atom is -0.352 e. The number of aryl methyl sites for hydroxylation is 3. The van der Waals surface area contributed by atoms with E-state index in [0.29, 0.717) is 23.2 Å². The van der Waals surface area contributed by atoms with E-state index in [0.717, 1.165) is 25.2 Å². The molecule has 1 aromatic heterocycles. The topological polar surface area (TPSA) is 107 Å². The van der Waals surface area contributed by atoms with Gasteiger partial charge in [-0.25, -0.2) is 18.5 Å². The third-order valence-corrected chi connectivity index (χ3v) is 5.20. The highest BCUT2D eigenvalue weighted by Crippen LogP contribution is 2.20. The Bertz CT molecular complexity index is 872. The lowest BCUT2D eigenvalue weighted by Gasteiger charge is -2.11. The molecule has 3 N–H and O–H groups in total. The minimum absolute atomic E-state index is 0.0105. The average molecular weight is 364 g/mol. The van der Waals surface area contributed by atoms with Crippen LogP contribution in [-0.4, -0.2) is 30.4 Å². The highest BCUT2D eigenvalue weighted by molar-refractivity contribution is 7.89. The number of primary sulfonamides is 1. The largest absolute Gasteiger partial charge is 0.352 e. The van der Waals surface area contributed by atoms with Crippen molar-refractivity contribution in [2.45, 2.75) is 45.1 Å². The van der Waals surface area contributed by atoms with E-state index in [1.807, 2.05) is 13.1 Å². The summed E-state index contributed by atoms with van der Waals surface area (Å²) in [5.41, 5.74) is 1.57. The van der Waals surface area contributed by atoms with E-state index < -0.39 is 10.0 Å². The van der Waals surface area contributed by atoms with Crippen molar-refractivity contribution in [2.75, 3.05) is 6.54 Å². The van der Waals surface area contributed by atoms with Gasteiger partial charge >= 0.3 is 0 Å². The van der Waals surface area contributed by atoms with Crippen LogP contribution in [0, 0.1) is 13.8 Å². The minimum atomic E-state index is -3.86. The van der Waals surface area contributed by atoms with Gasteiger partial charge in [0.15, 0.2) is 0 Å². The van der Waals surface area contributed by atoms with Crippen molar-refractivity contribution in [1.29, 1.82) is 0 Å². The van der Waals surface area contributed by atoms with Crippen LogP contribution in [0.4, 0.5) is 0 Å². The van der Waals surface area contributed by atoms with E-state index in [2.05, 4.69) is 14.9 Å². The molecule has 0 spiro atoms. The maximum atomic E-state index is 12.3. The molecule has 1 amide bonds. The fraction of sp³-hybridized carbons (Fsp3) is 0.412. The van der Waals surface area contributed by atoms with Gasteiger partial charge < -0.3 is 9.88 Å². The average Bonchev–Trinajstić information content (AvgIpc) is 3.00. The number of nitrogens with two attached hydrogens (primary N) is 1. The Balaban J connectivity index is 2.00. The van der Waals surface area contributed by atoms with Crippen LogP contribution in [0.2, 0.25) is 0 Å². The standard InChI is InChI=1S/C17H24N4O3S/c1-4-16-19-7-9-21(16)8-5-6-20-17(22)14-10-12(2)13(3)15(11-14)25(18,23)24/h7,9-11H,4-6,8H2,1-3H3,(H,20,22)(H2,18,23,24). The maximum Gasteiger partial charge on any atom is 0.251 e. The van der Waals surface area contributed by atoms with Crippen LogP contribution >= 0.6 is 0 Å². The van der Waals surface area contributed by atoms with Gasteiger partial charge in [0.1, 0.15) is 5.82 Å². The normalized spacial score (nSPS) is 11.5. The summed E-state index contributed by atoms with van der Waals surface area (Å²) in [5, 5.41) is 8.05. The fourth-order valence-corrected chi connectivity index (χ4v) is 3.54. The van der Waals surface area contributed by atoms with Crippen molar-refractivity contribution in [1.82, 2.24) is 14.9 Å². The molecule has 1 heterocycles. The first-order valence-electron chi connectivity index (χ1n) is 8.16. The van der Waals surface area contributed by atoms with E-state index in [1.165, 1.54) is 6.07 Å². The van der Waals surface area contributed by atoms with Crippen LogP contribution < -0.4 is 10.5 Å². The highest BCUT2D eigenvalue weighted by atomic mass is 32.2. The van der Waals surface area contributed by atoms with Crippen molar-refractivity contribution in [2.24, 2.45) is 5.14 Å². The van der Waals surface area contributed by atoms with E-state index in [1.54, 1.807) is 26.1 Å². The van der Waals surface area contributed by atoms with Gasteiger partial charge in [0.2, 0.25) is 10.0 Å². The Morgan fingerprint density at radius 3 is 2.68 bits per heavy atom. The molecule has 0 aliphatic heterocycles. The van der Waals surface area contributed by atoms with Crippen molar-refractivity contribution in [3.05, 3.63) is 47.0 Å². The molecule has 0 bridgehead atoms. The predicted molar refractivity (Wildman–Crippen MR) is 95.8 cm³/mol. The molecule has 0 atom stereocenters. The molecule has 136 valence electrons. The molecule has 0 fully saturated rings. The van der Waals surface area contributed by atoms with Crippen molar-refractivity contribution in [3.63, 3.8) is 0 Å². The molecule has 0 saturated carbocycles. The number of aromatic nitrogens is 2.